The van der Waals surface area contributed by atoms with E-state index in [4.69, 9.17) is 51.5 Å². The van der Waals surface area contributed by atoms with Crippen LogP contribution in [0.25, 0.3) is 11.1 Å². The van der Waals surface area contributed by atoms with Crippen LogP contribution in [0.4, 0.5) is 0 Å². The molecular formula is C13H6Cl4O3. The number of hydrogen-bond donors (Lipinski definition) is 2. The fraction of sp³-hybridized carbons (Fsp3) is 0. The summed E-state index contributed by atoms with van der Waals surface area (Å²) < 4.78 is 0. The van der Waals surface area contributed by atoms with E-state index >= 15 is 0 Å². The van der Waals surface area contributed by atoms with Crippen LogP contribution >= 0.6 is 46.4 Å². The number of hydrogen-bond acceptors (Lipinski definition) is 2. The second kappa shape index (κ2) is 5.70. The van der Waals surface area contributed by atoms with E-state index in [0.717, 1.165) is 0 Å². The molecule has 0 bridgehead atoms. The average Bonchev–Trinajstić information content (AvgIpc) is 2.38. The molecule has 0 unspecified atom stereocenters. The molecule has 2 rings (SSSR count). The van der Waals surface area contributed by atoms with Crippen molar-refractivity contribution in [2.45, 2.75) is 0 Å². The Morgan fingerprint density at radius 3 is 2.00 bits per heavy atom. The van der Waals surface area contributed by atoms with Crippen molar-refractivity contribution in [3.05, 3.63) is 49.9 Å². The third kappa shape index (κ3) is 2.67. The van der Waals surface area contributed by atoms with E-state index in [1.807, 2.05) is 0 Å². The van der Waals surface area contributed by atoms with Crippen LogP contribution in [0.1, 0.15) is 10.4 Å². The zero-order valence-corrected chi connectivity index (χ0v) is 12.6. The van der Waals surface area contributed by atoms with Crippen LogP contribution in [0.15, 0.2) is 24.3 Å². The summed E-state index contributed by atoms with van der Waals surface area (Å²) in [5.41, 5.74) is 0.429. The number of carbonyl (C=O) groups is 1. The summed E-state index contributed by atoms with van der Waals surface area (Å²) in [6.07, 6.45) is 0. The van der Waals surface area contributed by atoms with Gasteiger partial charge in [0.15, 0.2) is 0 Å². The molecule has 3 nitrogen and oxygen atoms in total. The van der Waals surface area contributed by atoms with Crippen molar-refractivity contribution < 1.29 is 15.0 Å². The second-order valence-corrected chi connectivity index (χ2v) is 5.45. The minimum Gasteiger partial charge on any atom is -0.507 e. The molecule has 0 spiro atoms. The van der Waals surface area contributed by atoms with Crippen LogP contribution in [0, 0.1) is 0 Å². The molecule has 104 valence electrons. The third-order valence-corrected chi connectivity index (χ3v) is 4.20. The first-order valence-electron chi connectivity index (χ1n) is 5.22. The largest absolute Gasteiger partial charge is 0.507 e. The number of halogens is 4. The molecule has 0 aliphatic carbocycles. The van der Waals surface area contributed by atoms with E-state index in [1.165, 1.54) is 24.3 Å². The molecule has 7 heteroatoms. The molecule has 0 saturated carbocycles. The first kappa shape index (κ1) is 15.3. The van der Waals surface area contributed by atoms with E-state index in [1.54, 1.807) is 0 Å². The number of phenols is 1. The highest BCUT2D eigenvalue weighted by atomic mass is 35.5. The molecule has 2 N–H and O–H groups in total. The van der Waals surface area contributed by atoms with Crippen molar-refractivity contribution in [1.29, 1.82) is 0 Å². The molecule has 20 heavy (non-hydrogen) atoms. The summed E-state index contributed by atoms with van der Waals surface area (Å²) in [7, 11) is 0. The van der Waals surface area contributed by atoms with Crippen molar-refractivity contribution in [1.82, 2.24) is 0 Å². The van der Waals surface area contributed by atoms with Gasteiger partial charge >= 0.3 is 5.97 Å². The Hall–Kier alpha value is -1.13. The standard InChI is InChI=1S/C13H6Cl4O3/c14-7-4-8(15)12(17)10(11(7)16)5-1-2-9(18)6(3-5)13(19)20/h1-4,18H,(H,19,20). The summed E-state index contributed by atoms with van der Waals surface area (Å²) >= 11 is 24.1. The highest BCUT2D eigenvalue weighted by Crippen LogP contribution is 2.43. The first-order chi connectivity index (χ1) is 9.32. The van der Waals surface area contributed by atoms with Gasteiger partial charge in [-0.05, 0) is 23.8 Å². The van der Waals surface area contributed by atoms with Crippen LogP contribution in [0.5, 0.6) is 5.75 Å². The first-order valence-corrected chi connectivity index (χ1v) is 6.73. The van der Waals surface area contributed by atoms with E-state index in [2.05, 4.69) is 0 Å². The zero-order valence-electron chi connectivity index (χ0n) is 9.62. The van der Waals surface area contributed by atoms with Gasteiger partial charge in [0.25, 0.3) is 0 Å². The molecule has 2 aromatic rings. The lowest BCUT2D eigenvalue weighted by Crippen LogP contribution is -1.97. The number of carboxylic acid groups (broad SMARTS) is 1. The van der Waals surface area contributed by atoms with Crippen LogP contribution in [-0.4, -0.2) is 16.2 Å². The van der Waals surface area contributed by atoms with E-state index < -0.39 is 5.97 Å². The molecule has 0 amide bonds. The van der Waals surface area contributed by atoms with Gasteiger partial charge in [0, 0.05) is 5.56 Å². The Labute approximate surface area is 134 Å². The van der Waals surface area contributed by atoms with Crippen LogP contribution < -0.4 is 0 Å². The summed E-state index contributed by atoms with van der Waals surface area (Å²) in [6, 6.07) is 5.36. The zero-order chi connectivity index (χ0) is 15.0. The predicted molar refractivity (Wildman–Crippen MR) is 80.5 cm³/mol. The Kier molecular flexibility index (Phi) is 4.35. The van der Waals surface area contributed by atoms with Crippen molar-refractivity contribution in [2.75, 3.05) is 0 Å². The van der Waals surface area contributed by atoms with Crippen molar-refractivity contribution in [3.8, 4) is 16.9 Å². The van der Waals surface area contributed by atoms with Crippen LogP contribution in [-0.2, 0) is 0 Å². The number of aromatic carboxylic acids is 1. The van der Waals surface area contributed by atoms with Gasteiger partial charge in [0.2, 0.25) is 0 Å². The van der Waals surface area contributed by atoms with Crippen LogP contribution in [0.3, 0.4) is 0 Å². The lowest BCUT2D eigenvalue weighted by atomic mass is 10.0. The minimum atomic E-state index is -1.27. The average molecular weight is 352 g/mol. The molecule has 0 aliphatic rings. The monoisotopic (exact) mass is 350 g/mol. The Balaban J connectivity index is 2.75. The normalized spacial score (nSPS) is 10.6. The predicted octanol–water partition coefficient (Wildman–Crippen LogP) is 5.37. The smallest absolute Gasteiger partial charge is 0.339 e. The van der Waals surface area contributed by atoms with Gasteiger partial charge in [0.1, 0.15) is 11.3 Å². The molecule has 0 radical (unpaired) electrons. The highest BCUT2D eigenvalue weighted by molar-refractivity contribution is 6.50. The van der Waals surface area contributed by atoms with Gasteiger partial charge in [-0.1, -0.05) is 52.5 Å². The van der Waals surface area contributed by atoms with E-state index in [-0.39, 0.29) is 31.4 Å². The van der Waals surface area contributed by atoms with Gasteiger partial charge in [-0.15, -0.1) is 0 Å². The lowest BCUT2D eigenvalue weighted by Gasteiger charge is -2.11. The third-order valence-electron chi connectivity index (χ3n) is 2.63. The second-order valence-electron chi connectivity index (χ2n) is 3.88. The fourth-order valence-electron chi connectivity index (χ4n) is 1.69. The number of benzene rings is 2. The Bertz CT molecular complexity index is 687. The maximum Gasteiger partial charge on any atom is 0.339 e. The quantitative estimate of drug-likeness (QED) is 0.715. The summed E-state index contributed by atoms with van der Waals surface area (Å²) in [5.74, 6) is -1.63. The van der Waals surface area contributed by atoms with Crippen molar-refractivity contribution in [2.24, 2.45) is 0 Å². The molecule has 0 atom stereocenters. The lowest BCUT2D eigenvalue weighted by molar-refractivity contribution is 0.0694. The SMILES string of the molecule is O=C(O)c1cc(-c2c(Cl)c(Cl)cc(Cl)c2Cl)ccc1O. The maximum atomic E-state index is 11.0. The summed E-state index contributed by atoms with van der Waals surface area (Å²) in [5, 5.41) is 19.2. The highest BCUT2D eigenvalue weighted by Gasteiger charge is 2.18. The molecule has 0 aliphatic heterocycles. The summed E-state index contributed by atoms with van der Waals surface area (Å²) in [4.78, 5) is 11.0. The van der Waals surface area contributed by atoms with Gasteiger partial charge < -0.3 is 10.2 Å². The molecule has 0 heterocycles. The summed E-state index contributed by atoms with van der Waals surface area (Å²) in [6.45, 7) is 0. The molecule has 2 aromatic carbocycles. The topological polar surface area (TPSA) is 57.5 Å². The fourth-order valence-corrected chi connectivity index (χ4v) is 2.72. The van der Waals surface area contributed by atoms with Gasteiger partial charge in [-0.25, -0.2) is 4.79 Å². The molecule has 0 saturated heterocycles. The molecule has 0 fully saturated rings. The van der Waals surface area contributed by atoms with Crippen molar-refractivity contribution >= 4 is 52.4 Å². The maximum absolute atomic E-state index is 11.0. The van der Waals surface area contributed by atoms with E-state index in [0.29, 0.717) is 11.1 Å². The molecule has 0 aromatic heterocycles. The van der Waals surface area contributed by atoms with Crippen LogP contribution in [0.2, 0.25) is 20.1 Å². The number of aromatic hydroxyl groups is 1. The molecular weight excluding hydrogens is 346 g/mol. The van der Waals surface area contributed by atoms with Gasteiger partial charge in [-0.2, -0.15) is 0 Å². The Morgan fingerprint density at radius 1 is 0.950 bits per heavy atom. The Morgan fingerprint density at radius 2 is 1.50 bits per heavy atom. The number of rotatable bonds is 2. The van der Waals surface area contributed by atoms with E-state index in [9.17, 15) is 9.90 Å². The van der Waals surface area contributed by atoms with Gasteiger partial charge in [-0.3, -0.25) is 0 Å². The number of carboxylic acids is 1. The minimum absolute atomic E-state index is 0.156. The van der Waals surface area contributed by atoms with Crippen molar-refractivity contribution in [3.63, 3.8) is 0 Å². The van der Waals surface area contributed by atoms with Gasteiger partial charge in [0.05, 0.1) is 20.1 Å².